The maximum atomic E-state index is 12.9. The van der Waals surface area contributed by atoms with E-state index in [0.29, 0.717) is 25.0 Å². The summed E-state index contributed by atoms with van der Waals surface area (Å²) in [5, 5.41) is 0. The highest BCUT2D eigenvalue weighted by molar-refractivity contribution is 5.79. The second-order valence-electron chi connectivity index (χ2n) is 7.82. The Kier molecular flexibility index (Phi) is 6.23. The molecule has 0 aromatic heterocycles. The number of carbonyl (C=O) groups is 1. The molecule has 1 saturated heterocycles. The fraction of sp³-hybridized carbons (Fsp3) is 0.650. The van der Waals surface area contributed by atoms with Crippen LogP contribution in [0.25, 0.3) is 0 Å². The van der Waals surface area contributed by atoms with Crippen LogP contribution in [0.1, 0.15) is 39.7 Å². The maximum absolute atomic E-state index is 12.9. The van der Waals surface area contributed by atoms with Crippen molar-refractivity contribution < 1.29 is 9.53 Å². The largest absolute Gasteiger partial charge is 0.378 e. The molecule has 1 atom stereocenters. The van der Waals surface area contributed by atoms with E-state index in [1.807, 2.05) is 4.90 Å². The Morgan fingerprint density at radius 3 is 2.35 bits per heavy atom. The lowest BCUT2D eigenvalue weighted by Gasteiger charge is -2.36. The molecule has 3 nitrogen and oxygen atoms in total. The van der Waals surface area contributed by atoms with E-state index in [0.717, 1.165) is 25.9 Å². The fourth-order valence-corrected chi connectivity index (χ4v) is 3.44. The van der Waals surface area contributed by atoms with E-state index in [1.165, 1.54) is 5.56 Å². The number of amides is 1. The van der Waals surface area contributed by atoms with Gasteiger partial charge in [0.1, 0.15) is 0 Å². The van der Waals surface area contributed by atoms with Crippen LogP contribution in [-0.4, -0.2) is 37.1 Å². The van der Waals surface area contributed by atoms with Gasteiger partial charge >= 0.3 is 0 Å². The number of hydrogen-bond donors (Lipinski definition) is 0. The average Bonchev–Trinajstić information content (AvgIpc) is 2.53. The number of morpholine rings is 1. The third-order valence-corrected chi connectivity index (χ3v) is 4.74. The molecule has 1 heterocycles. The van der Waals surface area contributed by atoms with Crippen molar-refractivity contribution in [2.75, 3.05) is 26.3 Å². The third kappa shape index (κ3) is 5.35. The molecule has 1 fully saturated rings. The first kappa shape index (κ1) is 18.0. The number of ether oxygens (including phenoxy) is 1. The fourth-order valence-electron chi connectivity index (χ4n) is 3.44. The van der Waals surface area contributed by atoms with Crippen LogP contribution >= 0.6 is 0 Å². The van der Waals surface area contributed by atoms with Gasteiger partial charge in [0.25, 0.3) is 0 Å². The molecule has 0 N–H and O–H groups in total. The predicted molar refractivity (Wildman–Crippen MR) is 94.3 cm³/mol. The molecule has 23 heavy (non-hydrogen) atoms. The van der Waals surface area contributed by atoms with Crippen molar-refractivity contribution in [2.24, 2.45) is 17.3 Å². The molecular weight excluding hydrogens is 286 g/mol. The lowest BCUT2D eigenvalue weighted by Crippen LogP contribution is -2.45. The Bertz CT molecular complexity index is 490. The Balaban J connectivity index is 2.03. The number of benzene rings is 1. The normalized spacial score (nSPS) is 17.3. The molecule has 1 aromatic carbocycles. The lowest BCUT2D eigenvalue weighted by molar-refractivity contribution is -0.142. The van der Waals surface area contributed by atoms with Crippen LogP contribution in [0.5, 0.6) is 0 Å². The molecule has 3 heteroatoms. The van der Waals surface area contributed by atoms with Crippen molar-refractivity contribution in [3.05, 3.63) is 35.9 Å². The molecule has 0 spiro atoms. The zero-order valence-electron chi connectivity index (χ0n) is 15.0. The highest BCUT2D eigenvalue weighted by Crippen LogP contribution is 2.34. The Morgan fingerprint density at radius 1 is 1.17 bits per heavy atom. The summed E-state index contributed by atoms with van der Waals surface area (Å²) in [6.07, 6.45) is 1.93. The van der Waals surface area contributed by atoms with Gasteiger partial charge in [-0.2, -0.15) is 0 Å². The third-order valence-electron chi connectivity index (χ3n) is 4.74. The molecule has 1 amide bonds. The van der Waals surface area contributed by atoms with Crippen molar-refractivity contribution in [2.45, 2.75) is 40.5 Å². The van der Waals surface area contributed by atoms with Crippen molar-refractivity contribution in [3.63, 3.8) is 0 Å². The van der Waals surface area contributed by atoms with Crippen LogP contribution in [0.3, 0.4) is 0 Å². The molecule has 128 valence electrons. The maximum Gasteiger partial charge on any atom is 0.226 e. The minimum absolute atomic E-state index is 0.0896. The summed E-state index contributed by atoms with van der Waals surface area (Å²) in [5.74, 6) is 0.761. The summed E-state index contributed by atoms with van der Waals surface area (Å²) < 4.78 is 5.38. The van der Waals surface area contributed by atoms with Crippen molar-refractivity contribution >= 4 is 5.91 Å². The zero-order chi connectivity index (χ0) is 16.9. The lowest BCUT2D eigenvalue weighted by atomic mass is 9.74. The molecule has 2 rings (SSSR count). The van der Waals surface area contributed by atoms with E-state index < -0.39 is 0 Å². The SMILES string of the molecule is CC(C)C(CC(C)(C)Cc1ccccc1)C(=O)N1CCOCC1. The van der Waals surface area contributed by atoms with Crippen molar-refractivity contribution in [1.29, 1.82) is 0 Å². The van der Waals surface area contributed by atoms with Gasteiger partial charge in [0, 0.05) is 19.0 Å². The van der Waals surface area contributed by atoms with Gasteiger partial charge in [0.15, 0.2) is 0 Å². The van der Waals surface area contributed by atoms with Gasteiger partial charge in [-0.15, -0.1) is 0 Å². The van der Waals surface area contributed by atoms with Crippen LogP contribution in [0.4, 0.5) is 0 Å². The summed E-state index contributed by atoms with van der Waals surface area (Å²) >= 11 is 0. The summed E-state index contributed by atoms with van der Waals surface area (Å²) in [5.41, 5.74) is 1.46. The highest BCUT2D eigenvalue weighted by atomic mass is 16.5. The van der Waals surface area contributed by atoms with Gasteiger partial charge in [0.05, 0.1) is 13.2 Å². The van der Waals surface area contributed by atoms with E-state index >= 15 is 0 Å². The Hall–Kier alpha value is -1.35. The quantitative estimate of drug-likeness (QED) is 0.799. The van der Waals surface area contributed by atoms with Gasteiger partial charge in [0.2, 0.25) is 5.91 Å². The minimum atomic E-state index is 0.0896. The van der Waals surface area contributed by atoms with Crippen LogP contribution in [-0.2, 0) is 16.0 Å². The van der Waals surface area contributed by atoms with Crippen LogP contribution in [0.2, 0.25) is 0 Å². The molecule has 0 bridgehead atoms. The molecular formula is C20H31NO2. The topological polar surface area (TPSA) is 29.5 Å². The van der Waals surface area contributed by atoms with E-state index in [4.69, 9.17) is 4.74 Å². The molecule has 1 aliphatic heterocycles. The highest BCUT2D eigenvalue weighted by Gasteiger charge is 2.33. The number of hydrogen-bond acceptors (Lipinski definition) is 2. The summed E-state index contributed by atoms with van der Waals surface area (Å²) in [4.78, 5) is 14.9. The monoisotopic (exact) mass is 317 g/mol. The molecule has 1 aromatic rings. The van der Waals surface area contributed by atoms with Crippen LogP contribution in [0, 0.1) is 17.3 Å². The van der Waals surface area contributed by atoms with Crippen molar-refractivity contribution in [3.8, 4) is 0 Å². The van der Waals surface area contributed by atoms with E-state index in [-0.39, 0.29) is 11.3 Å². The standard InChI is InChI=1S/C20H31NO2/c1-16(2)18(19(22)21-10-12-23-13-11-21)15-20(3,4)14-17-8-6-5-7-9-17/h5-9,16,18H,10-15H2,1-4H3. The summed E-state index contributed by atoms with van der Waals surface area (Å²) in [7, 11) is 0. The number of rotatable bonds is 6. The van der Waals surface area contributed by atoms with E-state index in [1.54, 1.807) is 0 Å². The average molecular weight is 317 g/mol. The first-order chi connectivity index (χ1) is 10.9. The van der Waals surface area contributed by atoms with Gasteiger partial charge in [-0.1, -0.05) is 58.0 Å². The smallest absolute Gasteiger partial charge is 0.226 e. The molecule has 0 aliphatic carbocycles. The van der Waals surface area contributed by atoms with Gasteiger partial charge in [-0.3, -0.25) is 4.79 Å². The molecule has 0 saturated carbocycles. The Morgan fingerprint density at radius 2 is 1.78 bits per heavy atom. The van der Waals surface area contributed by atoms with Crippen LogP contribution < -0.4 is 0 Å². The number of nitrogens with zero attached hydrogens (tertiary/aromatic N) is 1. The Labute approximate surface area is 141 Å². The first-order valence-corrected chi connectivity index (χ1v) is 8.79. The van der Waals surface area contributed by atoms with Gasteiger partial charge in [-0.05, 0) is 29.7 Å². The van der Waals surface area contributed by atoms with E-state index in [2.05, 4.69) is 58.0 Å². The minimum Gasteiger partial charge on any atom is -0.378 e. The predicted octanol–water partition coefficient (Wildman–Crippen LogP) is 3.78. The summed E-state index contributed by atoms with van der Waals surface area (Å²) in [6, 6.07) is 10.6. The second kappa shape index (κ2) is 7.96. The van der Waals surface area contributed by atoms with Gasteiger partial charge in [-0.25, -0.2) is 0 Å². The summed E-state index contributed by atoms with van der Waals surface area (Å²) in [6.45, 7) is 11.7. The van der Waals surface area contributed by atoms with E-state index in [9.17, 15) is 4.79 Å². The van der Waals surface area contributed by atoms with Gasteiger partial charge < -0.3 is 9.64 Å². The van der Waals surface area contributed by atoms with Crippen molar-refractivity contribution in [1.82, 2.24) is 4.90 Å². The number of carbonyl (C=O) groups excluding carboxylic acids is 1. The molecule has 1 aliphatic rings. The van der Waals surface area contributed by atoms with Crippen LogP contribution in [0.15, 0.2) is 30.3 Å². The molecule has 1 unspecified atom stereocenters. The zero-order valence-corrected chi connectivity index (χ0v) is 15.0. The first-order valence-electron chi connectivity index (χ1n) is 8.79. The second-order valence-corrected chi connectivity index (χ2v) is 7.82. The molecule has 0 radical (unpaired) electrons.